The van der Waals surface area contributed by atoms with Crippen molar-refractivity contribution in [2.75, 3.05) is 5.73 Å². The summed E-state index contributed by atoms with van der Waals surface area (Å²) in [5.41, 5.74) is 8.70. The molecule has 2 heterocycles. The minimum atomic E-state index is 0.505. The van der Waals surface area contributed by atoms with Crippen molar-refractivity contribution in [2.24, 2.45) is 0 Å². The van der Waals surface area contributed by atoms with Crippen LogP contribution in [0.2, 0.25) is 0 Å². The molecule has 3 rings (SSSR count). The van der Waals surface area contributed by atoms with Crippen LogP contribution >= 0.6 is 11.3 Å². The molecule has 108 valence electrons. The van der Waals surface area contributed by atoms with E-state index in [1.54, 1.807) is 0 Å². The molecule has 0 aliphatic heterocycles. The van der Waals surface area contributed by atoms with E-state index in [2.05, 4.69) is 41.1 Å². The predicted octanol–water partition coefficient (Wildman–Crippen LogP) is 3.49. The second-order valence-corrected chi connectivity index (χ2v) is 6.03. The number of nitrogens with zero attached hydrogens (tertiary/aromatic N) is 3. The fourth-order valence-corrected chi connectivity index (χ4v) is 2.58. The van der Waals surface area contributed by atoms with E-state index in [4.69, 9.17) is 10.3 Å². The van der Waals surface area contributed by atoms with E-state index in [-0.39, 0.29) is 0 Å². The average Bonchev–Trinajstić information content (AvgIpc) is 3.09. The van der Waals surface area contributed by atoms with Gasteiger partial charge in [0.05, 0.1) is 12.1 Å². The van der Waals surface area contributed by atoms with Crippen LogP contribution in [-0.2, 0) is 6.42 Å². The van der Waals surface area contributed by atoms with Crippen molar-refractivity contribution in [2.45, 2.75) is 26.2 Å². The lowest BCUT2D eigenvalue weighted by Gasteiger charge is -2.04. The van der Waals surface area contributed by atoms with Crippen molar-refractivity contribution >= 4 is 16.5 Å². The predicted molar refractivity (Wildman–Crippen MR) is 83.2 cm³/mol. The molecular weight excluding hydrogens is 284 g/mol. The molecule has 0 aliphatic carbocycles. The topological polar surface area (TPSA) is 77.8 Å². The molecule has 0 bridgehead atoms. The van der Waals surface area contributed by atoms with E-state index in [0.717, 1.165) is 11.3 Å². The maximum Gasteiger partial charge on any atom is 0.233 e. The quantitative estimate of drug-likeness (QED) is 0.798. The van der Waals surface area contributed by atoms with E-state index in [9.17, 15) is 0 Å². The highest BCUT2D eigenvalue weighted by atomic mass is 32.1. The van der Waals surface area contributed by atoms with Gasteiger partial charge in [-0.25, -0.2) is 4.98 Å². The van der Waals surface area contributed by atoms with Crippen LogP contribution < -0.4 is 5.73 Å². The minimum absolute atomic E-state index is 0.505. The Morgan fingerprint density at radius 3 is 2.57 bits per heavy atom. The summed E-state index contributed by atoms with van der Waals surface area (Å²) in [6.45, 7) is 4.34. The van der Waals surface area contributed by atoms with Gasteiger partial charge in [0.2, 0.25) is 11.7 Å². The van der Waals surface area contributed by atoms with E-state index in [0.29, 0.717) is 29.2 Å². The molecule has 0 aliphatic rings. The SMILES string of the molecule is CC(C)c1ccc(-c2noc(Cc3csc(N)n3)n2)cc1. The largest absolute Gasteiger partial charge is 0.375 e. The Morgan fingerprint density at radius 2 is 1.95 bits per heavy atom. The molecule has 0 saturated heterocycles. The van der Waals surface area contributed by atoms with E-state index < -0.39 is 0 Å². The third-order valence-corrected chi connectivity index (χ3v) is 3.93. The molecule has 0 unspecified atom stereocenters. The summed E-state index contributed by atoms with van der Waals surface area (Å²) < 4.78 is 5.27. The van der Waals surface area contributed by atoms with Gasteiger partial charge in [0.15, 0.2) is 5.13 Å². The number of nitrogens with two attached hydrogens (primary N) is 1. The zero-order valence-electron chi connectivity index (χ0n) is 11.9. The van der Waals surface area contributed by atoms with Crippen LogP contribution in [0, 0.1) is 0 Å². The number of aromatic nitrogens is 3. The molecule has 21 heavy (non-hydrogen) atoms. The summed E-state index contributed by atoms with van der Waals surface area (Å²) in [5, 5.41) is 6.47. The van der Waals surface area contributed by atoms with Gasteiger partial charge in [0.1, 0.15) is 0 Å². The Morgan fingerprint density at radius 1 is 1.19 bits per heavy atom. The van der Waals surface area contributed by atoms with Gasteiger partial charge in [-0.2, -0.15) is 4.98 Å². The fraction of sp³-hybridized carbons (Fsp3) is 0.267. The highest BCUT2D eigenvalue weighted by molar-refractivity contribution is 7.13. The average molecular weight is 300 g/mol. The monoisotopic (exact) mass is 300 g/mol. The summed E-state index contributed by atoms with van der Waals surface area (Å²) in [7, 11) is 0. The number of hydrogen-bond donors (Lipinski definition) is 1. The van der Waals surface area contributed by atoms with Crippen LogP contribution in [0.1, 0.15) is 36.9 Å². The molecule has 0 saturated carbocycles. The number of benzene rings is 1. The molecule has 0 spiro atoms. The Labute approximate surface area is 126 Å². The Kier molecular flexibility index (Phi) is 3.70. The molecule has 1 aromatic carbocycles. The lowest BCUT2D eigenvalue weighted by atomic mass is 10.0. The van der Waals surface area contributed by atoms with E-state index >= 15 is 0 Å². The normalized spacial score (nSPS) is 11.2. The van der Waals surface area contributed by atoms with Gasteiger partial charge in [-0.05, 0) is 11.5 Å². The summed E-state index contributed by atoms with van der Waals surface area (Å²) in [6.07, 6.45) is 0.505. The number of nitrogen functional groups attached to an aromatic ring is 1. The van der Waals surface area contributed by atoms with E-state index in [1.807, 2.05) is 17.5 Å². The first-order valence-electron chi connectivity index (χ1n) is 6.74. The zero-order chi connectivity index (χ0) is 14.8. The first-order chi connectivity index (χ1) is 10.1. The van der Waals surface area contributed by atoms with Crippen molar-refractivity contribution in [3.63, 3.8) is 0 Å². The summed E-state index contributed by atoms with van der Waals surface area (Å²) in [6, 6.07) is 8.23. The molecule has 0 amide bonds. The molecule has 3 aromatic rings. The van der Waals surface area contributed by atoms with Crippen molar-refractivity contribution < 1.29 is 4.52 Å². The lowest BCUT2D eigenvalue weighted by Crippen LogP contribution is -1.91. The van der Waals surface area contributed by atoms with Gasteiger partial charge in [0, 0.05) is 10.9 Å². The van der Waals surface area contributed by atoms with Gasteiger partial charge in [-0.3, -0.25) is 0 Å². The van der Waals surface area contributed by atoms with Crippen LogP contribution in [0.5, 0.6) is 0 Å². The number of hydrogen-bond acceptors (Lipinski definition) is 6. The Hall–Kier alpha value is -2.21. The van der Waals surface area contributed by atoms with Crippen molar-refractivity contribution in [1.29, 1.82) is 0 Å². The van der Waals surface area contributed by atoms with Gasteiger partial charge in [-0.15, -0.1) is 11.3 Å². The zero-order valence-corrected chi connectivity index (χ0v) is 12.7. The van der Waals surface area contributed by atoms with Gasteiger partial charge < -0.3 is 10.3 Å². The molecule has 2 N–H and O–H groups in total. The van der Waals surface area contributed by atoms with Crippen LogP contribution in [0.4, 0.5) is 5.13 Å². The first kappa shape index (κ1) is 13.8. The molecule has 0 radical (unpaired) electrons. The number of rotatable bonds is 4. The fourth-order valence-electron chi connectivity index (χ4n) is 2.02. The van der Waals surface area contributed by atoms with Crippen molar-refractivity contribution in [3.05, 3.63) is 46.8 Å². The number of thiazole rings is 1. The maximum absolute atomic E-state index is 5.61. The maximum atomic E-state index is 5.61. The highest BCUT2D eigenvalue weighted by Gasteiger charge is 2.11. The minimum Gasteiger partial charge on any atom is -0.375 e. The summed E-state index contributed by atoms with van der Waals surface area (Å²) in [4.78, 5) is 8.59. The molecule has 0 fully saturated rings. The standard InChI is InChI=1S/C15H16N4OS/c1-9(2)10-3-5-11(6-4-10)14-18-13(20-19-14)7-12-8-21-15(16)17-12/h3-6,8-9H,7H2,1-2H3,(H2,16,17). The van der Waals surface area contributed by atoms with Crippen molar-refractivity contribution in [3.8, 4) is 11.4 Å². The second kappa shape index (κ2) is 5.65. The lowest BCUT2D eigenvalue weighted by molar-refractivity contribution is 0.385. The summed E-state index contributed by atoms with van der Waals surface area (Å²) in [5.74, 6) is 1.65. The van der Waals surface area contributed by atoms with Gasteiger partial charge in [0.25, 0.3) is 0 Å². The van der Waals surface area contributed by atoms with Crippen LogP contribution in [0.3, 0.4) is 0 Å². The van der Waals surface area contributed by atoms with Gasteiger partial charge >= 0.3 is 0 Å². The second-order valence-electron chi connectivity index (χ2n) is 5.14. The first-order valence-corrected chi connectivity index (χ1v) is 7.62. The summed E-state index contributed by atoms with van der Waals surface area (Å²) >= 11 is 1.41. The molecule has 2 aromatic heterocycles. The smallest absolute Gasteiger partial charge is 0.233 e. The van der Waals surface area contributed by atoms with Crippen LogP contribution in [-0.4, -0.2) is 15.1 Å². The highest BCUT2D eigenvalue weighted by Crippen LogP contribution is 2.21. The Balaban J connectivity index is 1.78. The van der Waals surface area contributed by atoms with Crippen LogP contribution in [0.25, 0.3) is 11.4 Å². The molecule has 5 nitrogen and oxygen atoms in total. The Bertz CT molecular complexity index is 730. The number of anilines is 1. The third-order valence-electron chi connectivity index (χ3n) is 3.21. The third kappa shape index (κ3) is 3.11. The molecule has 6 heteroatoms. The molecule has 0 atom stereocenters. The van der Waals surface area contributed by atoms with Crippen LogP contribution in [0.15, 0.2) is 34.2 Å². The molecular formula is C15H16N4OS. The van der Waals surface area contributed by atoms with Gasteiger partial charge in [-0.1, -0.05) is 43.3 Å². The van der Waals surface area contributed by atoms with E-state index in [1.165, 1.54) is 16.9 Å². The van der Waals surface area contributed by atoms with Crippen molar-refractivity contribution in [1.82, 2.24) is 15.1 Å².